The maximum Gasteiger partial charge on any atom is 0.238 e. The van der Waals surface area contributed by atoms with Crippen LogP contribution in [0.15, 0.2) is 54.6 Å². The van der Waals surface area contributed by atoms with Crippen LogP contribution >= 0.6 is 11.6 Å². The molecule has 2 aromatic rings. The van der Waals surface area contributed by atoms with Gasteiger partial charge in [-0.1, -0.05) is 54.1 Å². The predicted octanol–water partition coefficient (Wildman–Crippen LogP) is 3.62. The number of nitrogens with zero attached hydrogens (tertiary/aromatic N) is 2. The Morgan fingerprint density at radius 2 is 1.82 bits per heavy atom. The number of anilines is 1. The van der Waals surface area contributed by atoms with Crippen molar-refractivity contribution in [1.82, 2.24) is 9.80 Å². The zero-order chi connectivity index (χ0) is 19.8. The summed E-state index contributed by atoms with van der Waals surface area (Å²) in [4.78, 5) is 17.0. The summed E-state index contributed by atoms with van der Waals surface area (Å²) >= 11 is 6.02. The van der Waals surface area contributed by atoms with E-state index in [-0.39, 0.29) is 5.91 Å². The highest BCUT2D eigenvalue weighted by Crippen LogP contribution is 2.27. The highest BCUT2D eigenvalue weighted by molar-refractivity contribution is 6.31. The van der Waals surface area contributed by atoms with E-state index in [1.165, 1.54) is 5.56 Å². The van der Waals surface area contributed by atoms with Crippen molar-refractivity contribution >= 4 is 29.3 Å². The van der Waals surface area contributed by atoms with Crippen molar-refractivity contribution in [2.24, 2.45) is 0 Å². The number of carbonyl (C=O) groups excluding carboxylic acids is 1. The molecule has 1 amide bonds. The Hall–Kier alpha value is -2.34. The molecule has 0 saturated carbocycles. The summed E-state index contributed by atoms with van der Waals surface area (Å²) in [6.07, 6.45) is 4.35. The second kappa shape index (κ2) is 10.3. The second-order valence-corrected chi connectivity index (χ2v) is 7.22. The SMILES string of the molecule is COc1ccc(Cl)cc1NC(=O)CN1CCN(C/C=C/c2ccccc2)CC1. The van der Waals surface area contributed by atoms with Crippen LogP contribution in [0.1, 0.15) is 5.56 Å². The molecule has 6 heteroatoms. The molecule has 28 heavy (non-hydrogen) atoms. The maximum atomic E-state index is 12.4. The second-order valence-electron chi connectivity index (χ2n) is 6.78. The molecule has 0 aliphatic carbocycles. The number of ether oxygens (including phenoxy) is 1. The van der Waals surface area contributed by atoms with Crippen LogP contribution in [0.5, 0.6) is 5.75 Å². The Bertz CT molecular complexity index is 803. The molecule has 0 spiro atoms. The standard InChI is InChI=1S/C22H26ClN3O2/c1-28-21-10-9-19(23)16-20(21)24-22(27)17-26-14-12-25(13-15-26)11-5-8-18-6-3-2-4-7-18/h2-10,16H,11-15,17H2,1H3,(H,24,27)/b8-5+. The third-order valence-corrected chi connectivity index (χ3v) is 4.98. The number of piperazine rings is 1. The molecule has 1 heterocycles. The van der Waals surface area contributed by atoms with Gasteiger partial charge in [0.1, 0.15) is 5.75 Å². The third kappa shape index (κ3) is 6.09. The predicted molar refractivity (Wildman–Crippen MR) is 115 cm³/mol. The third-order valence-electron chi connectivity index (χ3n) is 4.74. The number of hydrogen-bond acceptors (Lipinski definition) is 4. The molecule has 1 fully saturated rings. The molecule has 2 aromatic carbocycles. The molecule has 5 nitrogen and oxygen atoms in total. The van der Waals surface area contributed by atoms with E-state index in [0.29, 0.717) is 23.0 Å². The van der Waals surface area contributed by atoms with Crippen LogP contribution < -0.4 is 10.1 Å². The first kappa shape index (κ1) is 20.4. The number of hydrogen-bond donors (Lipinski definition) is 1. The fourth-order valence-electron chi connectivity index (χ4n) is 3.20. The number of amides is 1. The molecular weight excluding hydrogens is 374 g/mol. The van der Waals surface area contributed by atoms with E-state index in [2.05, 4.69) is 39.4 Å². The molecule has 3 rings (SSSR count). The summed E-state index contributed by atoms with van der Waals surface area (Å²) in [6.45, 7) is 4.94. The van der Waals surface area contributed by atoms with Gasteiger partial charge in [-0.2, -0.15) is 0 Å². The molecule has 148 valence electrons. The van der Waals surface area contributed by atoms with Crippen LogP contribution in [0.3, 0.4) is 0 Å². The fraction of sp³-hybridized carbons (Fsp3) is 0.318. The van der Waals surface area contributed by atoms with E-state index in [9.17, 15) is 4.79 Å². The van der Waals surface area contributed by atoms with Crippen LogP contribution in [0, 0.1) is 0 Å². The Kier molecular flexibility index (Phi) is 7.48. The van der Waals surface area contributed by atoms with Crippen molar-refractivity contribution in [3.8, 4) is 5.75 Å². The lowest BCUT2D eigenvalue weighted by Gasteiger charge is -2.33. The van der Waals surface area contributed by atoms with E-state index in [1.54, 1.807) is 25.3 Å². The first-order valence-corrected chi connectivity index (χ1v) is 9.81. The lowest BCUT2D eigenvalue weighted by molar-refractivity contribution is -0.117. The summed E-state index contributed by atoms with van der Waals surface area (Å²) in [5.74, 6) is 0.547. The molecule has 1 aliphatic rings. The van der Waals surface area contributed by atoms with Gasteiger partial charge in [0.15, 0.2) is 0 Å². The molecule has 0 unspecified atom stereocenters. The highest BCUT2D eigenvalue weighted by atomic mass is 35.5. The minimum absolute atomic E-state index is 0.0574. The van der Waals surface area contributed by atoms with Crippen molar-refractivity contribution in [3.05, 3.63) is 65.2 Å². The van der Waals surface area contributed by atoms with Gasteiger partial charge in [0.2, 0.25) is 5.91 Å². The van der Waals surface area contributed by atoms with Crippen LogP contribution in [0.25, 0.3) is 6.08 Å². The molecule has 1 saturated heterocycles. The van der Waals surface area contributed by atoms with Crippen molar-refractivity contribution < 1.29 is 9.53 Å². The van der Waals surface area contributed by atoms with Gasteiger partial charge in [-0.15, -0.1) is 0 Å². The number of rotatable bonds is 7. The van der Waals surface area contributed by atoms with E-state index in [0.717, 1.165) is 32.7 Å². The van der Waals surface area contributed by atoms with Crippen LogP contribution in [0.4, 0.5) is 5.69 Å². The Labute approximate surface area is 171 Å². The average Bonchev–Trinajstić information content (AvgIpc) is 2.70. The van der Waals surface area contributed by atoms with Crippen molar-refractivity contribution in [2.45, 2.75) is 0 Å². The Balaban J connectivity index is 1.42. The summed E-state index contributed by atoms with van der Waals surface area (Å²) in [7, 11) is 1.57. The normalized spacial score (nSPS) is 15.6. The molecule has 0 atom stereocenters. The van der Waals surface area contributed by atoms with E-state index >= 15 is 0 Å². The molecule has 0 bridgehead atoms. The van der Waals surface area contributed by atoms with E-state index < -0.39 is 0 Å². The zero-order valence-electron chi connectivity index (χ0n) is 16.1. The van der Waals surface area contributed by atoms with Gasteiger partial charge < -0.3 is 10.1 Å². The van der Waals surface area contributed by atoms with Gasteiger partial charge in [0.05, 0.1) is 19.3 Å². The van der Waals surface area contributed by atoms with Crippen molar-refractivity contribution in [2.75, 3.05) is 51.7 Å². The minimum atomic E-state index is -0.0574. The van der Waals surface area contributed by atoms with Crippen molar-refractivity contribution in [3.63, 3.8) is 0 Å². The zero-order valence-corrected chi connectivity index (χ0v) is 16.9. The largest absolute Gasteiger partial charge is 0.495 e. The summed E-state index contributed by atoms with van der Waals surface area (Å²) in [6, 6.07) is 15.5. The van der Waals surface area contributed by atoms with E-state index in [4.69, 9.17) is 16.3 Å². The first-order chi connectivity index (χ1) is 13.6. The highest BCUT2D eigenvalue weighted by Gasteiger charge is 2.18. The summed E-state index contributed by atoms with van der Waals surface area (Å²) in [5, 5.41) is 3.46. The lowest BCUT2D eigenvalue weighted by atomic mass is 10.2. The number of nitrogens with one attached hydrogen (secondary N) is 1. The first-order valence-electron chi connectivity index (χ1n) is 9.44. The quantitative estimate of drug-likeness (QED) is 0.772. The Morgan fingerprint density at radius 1 is 1.11 bits per heavy atom. The molecule has 0 radical (unpaired) electrons. The van der Waals surface area contributed by atoms with Crippen LogP contribution in [-0.4, -0.2) is 62.1 Å². The van der Waals surface area contributed by atoms with Gasteiger partial charge in [-0.25, -0.2) is 0 Å². The minimum Gasteiger partial charge on any atom is -0.495 e. The molecule has 0 aromatic heterocycles. The lowest BCUT2D eigenvalue weighted by Crippen LogP contribution is -2.48. The molecular formula is C22H26ClN3O2. The topological polar surface area (TPSA) is 44.8 Å². The number of benzene rings is 2. The molecule has 1 aliphatic heterocycles. The fourth-order valence-corrected chi connectivity index (χ4v) is 3.37. The van der Waals surface area contributed by atoms with Gasteiger partial charge in [-0.05, 0) is 23.8 Å². The van der Waals surface area contributed by atoms with Gasteiger partial charge in [-0.3, -0.25) is 14.6 Å². The summed E-state index contributed by atoms with van der Waals surface area (Å²) in [5.41, 5.74) is 1.82. The van der Waals surface area contributed by atoms with Crippen molar-refractivity contribution in [1.29, 1.82) is 0 Å². The molecule has 1 N–H and O–H groups in total. The number of carbonyl (C=O) groups is 1. The summed E-state index contributed by atoms with van der Waals surface area (Å²) < 4.78 is 5.27. The number of methoxy groups -OCH3 is 1. The number of halogens is 1. The Morgan fingerprint density at radius 3 is 2.54 bits per heavy atom. The van der Waals surface area contributed by atoms with Gasteiger partial charge >= 0.3 is 0 Å². The van der Waals surface area contributed by atoms with Gasteiger partial charge in [0, 0.05) is 37.7 Å². The maximum absolute atomic E-state index is 12.4. The van der Waals surface area contributed by atoms with Gasteiger partial charge in [0.25, 0.3) is 0 Å². The monoisotopic (exact) mass is 399 g/mol. The average molecular weight is 400 g/mol. The van der Waals surface area contributed by atoms with Crippen LogP contribution in [0.2, 0.25) is 5.02 Å². The smallest absolute Gasteiger partial charge is 0.238 e. The van der Waals surface area contributed by atoms with E-state index in [1.807, 2.05) is 18.2 Å². The van der Waals surface area contributed by atoms with Crippen LogP contribution in [-0.2, 0) is 4.79 Å².